The summed E-state index contributed by atoms with van der Waals surface area (Å²) in [6, 6.07) is 3.26. The molecule has 1 rings (SSSR count). The Morgan fingerprint density at radius 3 is 2.00 bits per heavy atom. The molecule has 1 atom stereocenters. The highest BCUT2D eigenvalue weighted by molar-refractivity contribution is 6.32. The number of hydrogen-bond donors (Lipinski definition) is 1. The van der Waals surface area contributed by atoms with E-state index in [4.69, 9.17) is 23.2 Å². The molecular formula is C10H13Cl2NO. The van der Waals surface area contributed by atoms with Gasteiger partial charge in [-0.3, -0.25) is 0 Å². The minimum Gasteiger partial charge on any atom is -0.388 e. The molecule has 1 aromatic heterocycles. The summed E-state index contributed by atoms with van der Waals surface area (Å²) < 4.78 is 0. The van der Waals surface area contributed by atoms with Crippen molar-refractivity contribution >= 4 is 23.2 Å². The van der Waals surface area contributed by atoms with E-state index in [1.165, 1.54) is 0 Å². The van der Waals surface area contributed by atoms with Gasteiger partial charge in [-0.1, -0.05) is 44.0 Å². The van der Waals surface area contributed by atoms with Crippen LogP contribution in [0.4, 0.5) is 0 Å². The second kappa shape index (κ2) is 4.05. The average molecular weight is 234 g/mol. The largest absolute Gasteiger partial charge is 0.388 e. The highest BCUT2D eigenvalue weighted by atomic mass is 35.5. The molecule has 1 aromatic rings. The van der Waals surface area contributed by atoms with Crippen LogP contribution in [-0.4, -0.2) is 10.1 Å². The molecule has 0 saturated carbocycles. The van der Waals surface area contributed by atoms with E-state index in [0.29, 0.717) is 15.9 Å². The number of aliphatic hydroxyl groups excluding tert-OH is 1. The van der Waals surface area contributed by atoms with E-state index in [9.17, 15) is 5.11 Å². The lowest BCUT2D eigenvalue weighted by Crippen LogP contribution is -2.17. The van der Waals surface area contributed by atoms with Crippen molar-refractivity contribution in [2.24, 2.45) is 5.41 Å². The lowest BCUT2D eigenvalue weighted by atomic mass is 9.85. The highest BCUT2D eigenvalue weighted by Gasteiger charge is 2.24. The first kappa shape index (κ1) is 11.8. The van der Waals surface area contributed by atoms with Gasteiger partial charge in [-0.25, -0.2) is 4.98 Å². The van der Waals surface area contributed by atoms with Gasteiger partial charge in [-0.15, -0.1) is 0 Å². The molecule has 14 heavy (non-hydrogen) atoms. The van der Waals surface area contributed by atoms with E-state index in [1.807, 2.05) is 20.8 Å². The zero-order valence-corrected chi connectivity index (χ0v) is 9.89. The highest BCUT2D eigenvalue weighted by Crippen LogP contribution is 2.33. The fourth-order valence-corrected chi connectivity index (χ4v) is 1.62. The molecule has 1 N–H and O–H groups in total. The monoisotopic (exact) mass is 233 g/mol. The number of aliphatic hydroxyl groups is 1. The van der Waals surface area contributed by atoms with Crippen molar-refractivity contribution in [2.75, 3.05) is 0 Å². The first-order valence-corrected chi connectivity index (χ1v) is 5.07. The van der Waals surface area contributed by atoms with Crippen molar-refractivity contribution in [3.63, 3.8) is 0 Å². The molecule has 2 nitrogen and oxygen atoms in total. The summed E-state index contributed by atoms with van der Waals surface area (Å²) in [7, 11) is 0. The molecule has 0 bridgehead atoms. The summed E-state index contributed by atoms with van der Waals surface area (Å²) >= 11 is 11.5. The summed E-state index contributed by atoms with van der Waals surface area (Å²) in [5, 5.41) is 10.6. The summed E-state index contributed by atoms with van der Waals surface area (Å²) in [5.41, 5.74) is 0.455. The topological polar surface area (TPSA) is 33.1 Å². The van der Waals surface area contributed by atoms with Crippen LogP contribution in [0.2, 0.25) is 10.3 Å². The molecule has 0 amide bonds. The Kier molecular flexibility index (Phi) is 3.40. The van der Waals surface area contributed by atoms with Crippen molar-refractivity contribution in [3.8, 4) is 0 Å². The molecular weight excluding hydrogens is 221 g/mol. The molecule has 0 fully saturated rings. The molecule has 0 aliphatic rings. The zero-order chi connectivity index (χ0) is 10.9. The molecule has 0 radical (unpaired) electrons. The first-order chi connectivity index (χ1) is 6.30. The maximum atomic E-state index is 9.96. The van der Waals surface area contributed by atoms with E-state index >= 15 is 0 Å². The van der Waals surface area contributed by atoms with Crippen LogP contribution in [0.3, 0.4) is 0 Å². The second-order valence-electron chi connectivity index (χ2n) is 4.31. The van der Waals surface area contributed by atoms with Gasteiger partial charge in [0, 0.05) is 0 Å². The summed E-state index contributed by atoms with van der Waals surface area (Å²) in [6.45, 7) is 5.83. The molecule has 0 aromatic carbocycles. The van der Waals surface area contributed by atoms with Crippen molar-refractivity contribution in [1.29, 1.82) is 0 Å². The van der Waals surface area contributed by atoms with Crippen molar-refractivity contribution in [2.45, 2.75) is 26.9 Å². The van der Waals surface area contributed by atoms with E-state index in [2.05, 4.69) is 4.98 Å². The predicted octanol–water partition coefficient (Wildman–Crippen LogP) is 3.47. The molecule has 0 aliphatic heterocycles. The predicted molar refractivity (Wildman–Crippen MR) is 58.7 cm³/mol. The van der Waals surface area contributed by atoms with Gasteiger partial charge in [0.25, 0.3) is 0 Å². The normalized spacial score (nSPS) is 14.1. The van der Waals surface area contributed by atoms with Crippen molar-refractivity contribution < 1.29 is 5.11 Å². The number of rotatable bonds is 1. The minimum atomic E-state index is -0.597. The fourth-order valence-electron chi connectivity index (χ4n) is 1.14. The molecule has 1 heterocycles. The van der Waals surface area contributed by atoms with Gasteiger partial charge in [-0.2, -0.15) is 0 Å². The maximum Gasteiger partial charge on any atom is 0.131 e. The van der Waals surface area contributed by atoms with Crippen LogP contribution in [0.15, 0.2) is 12.1 Å². The minimum absolute atomic E-state index is 0.242. The van der Waals surface area contributed by atoms with Crippen LogP contribution in [-0.2, 0) is 0 Å². The SMILES string of the molecule is CC(C)(C)C(O)c1cc(Cl)nc(Cl)c1. The Bertz CT molecular complexity index is 313. The van der Waals surface area contributed by atoms with Crippen LogP contribution in [0.25, 0.3) is 0 Å². The van der Waals surface area contributed by atoms with Crippen LogP contribution < -0.4 is 0 Å². The number of halogens is 2. The van der Waals surface area contributed by atoms with E-state index in [-0.39, 0.29) is 5.41 Å². The number of pyridine rings is 1. The Hall–Kier alpha value is -0.310. The second-order valence-corrected chi connectivity index (χ2v) is 5.09. The quantitative estimate of drug-likeness (QED) is 0.754. The van der Waals surface area contributed by atoms with Crippen LogP contribution >= 0.6 is 23.2 Å². The molecule has 0 saturated heterocycles. The van der Waals surface area contributed by atoms with Crippen LogP contribution in [0, 0.1) is 5.41 Å². The first-order valence-electron chi connectivity index (χ1n) is 4.32. The molecule has 0 spiro atoms. The Morgan fingerprint density at radius 1 is 1.21 bits per heavy atom. The number of nitrogens with zero attached hydrogens (tertiary/aromatic N) is 1. The van der Waals surface area contributed by atoms with Gasteiger partial charge >= 0.3 is 0 Å². The van der Waals surface area contributed by atoms with E-state index < -0.39 is 6.10 Å². The van der Waals surface area contributed by atoms with Gasteiger partial charge in [0.15, 0.2) is 0 Å². The van der Waals surface area contributed by atoms with Gasteiger partial charge in [-0.05, 0) is 23.1 Å². The van der Waals surface area contributed by atoms with Gasteiger partial charge in [0.2, 0.25) is 0 Å². The third-order valence-electron chi connectivity index (χ3n) is 1.92. The molecule has 78 valence electrons. The average Bonchev–Trinajstić information content (AvgIpc) is 1.99. The molecule has 4 heteroatoms. The number of aromatic nitrogens is 1. The van der Waals surface area contributed by atoms with E-state index in [1.54, 1.807) is 12.1 Å². The maximum absolute atomic E-state index is 9.96. The molecule has 1 unspecified atom stereocenters. The van der Waals surface area contributed by atoms with Crippen LogP contribution in [0.5, 0.6) is 0 Å². The van der Waals surface area contributed by atoms with Crippen LogP contribution in [0.1, 0.15) is 32.4 Å². The van der Waals surface area contributed by atoms with E-state index in [0.717, 1.165) is 0 Å². The summed E-state index contributed by atoms with van der Waals surface area (Å²) in [5.74, 6) is 0. The van der Waals surface area contributed by atoms with Crippen molar-refractivity contribution in [3.05, 3.63) is 28.0 Å². The summed E-state index contributed by atoms with van der Waals surface area (Å²) in [4.78, 5) is 3.82. The molecule has 0 aliphatic carbocycles. The number of hydrogen-bond acceptors (Lipinski definition) is 2. The van der Waals surface area contributed by atoms with Crippen molar-refractivity contribution in [1.82, 2.24) is 4.98 Å². The summed E-state index contributed by atoms with van der Waals surface area (Å²) in [6.07, 6.45) is -0.597. The van der Waals surface area contributed by atoms with Gasteiger partial charge < -0.3 is 5.11 Å². The Balaban J connectivity index is 3.07. The zero-order valence-electron chi connectivity index (χ0n) is 8.38. The third-order valence-corrected chi connectivity index (χ3v) is 2.31. The Morgan fingerprint density at radius 2 is 1.64 bits per heavy atom. The smallest absolute Gasteiger partial charge is 0.131 e. The lowest BCUT2D eigenvalue weighted by Gasteiger charge is -2.26. The van der Waals surface area contributed by atoms with Gasteiger partial charge in [0.1, 0.15) is 10.3 Å². The third kappa shape index (κ3) is 2.84. The fraction of sp³-hybridized carbons (Fsp3) is 0.500. The lowest BCUT2D eigenvalue weighted by molar-refractivity contribution is 0.0626. The Labute approximate surface area is 93.9 Å². The standard InChI is InChI=1S/C10H13Cl2NO/c1-10(2,3)9(14)6-4-7(11)13-8(12)5-6/h4-5,9,14H,1-3H3. The van der Waals surface area contributed by atoms with Gasteiger partial charge in [0.05, 0.1) is 6.10 Å².